The largest absolute Gasteiger partial charge is 0.0891 e. The first-order chi connectivity index (χ1) is 6.63. The second kappa shape index (κ2) is 5.55. The van der Waals surface area contributed by atoms with Crippen LogP contribution < -0.4 is 0 Å². The van der Waals surface area contributed by atoms with Gasteiger partial charge in [0, 0.05) is 4.83 Å². The van der Waals surface area contributed by atoms with Gasteiger partial charge in [0.05, 0.1) is 0 Å². The van der Waals surface area contributed by atoms with E-state index in [1.165, 1.54) is 36.0 Å². The van der Waals surface area contributed by atoms with Crippen molar-refractivity contribution in [1.29, 1.82) is 0 Å². The molecule has 1 aromatic rings. The normalized spacial score (nSPS) is 12.9. The third-order valence-corrected chi connectivity index (χ3v) is 3.78. The van der Waals surface area contributed by atoms with Crippen LogP contribution in [0.3, 0.4) is 0 Å². The predicted octanol–water partition coefficient (Wildman–Crippen LogP) is 4.41. The molecule has 0 spiro atoms. The fourth-order valence-electron chi connectivity index (χ4n) is 1.59. The highest BCUT2D eigenvalue weighted by Crippen LogP contribution is 2.17. The molecule has 1 unspecified atom stereocenters. The van der Waals surface area contributed by atoms with Crippen molar-refractivity contribution < 1.29 is 0 Å². The van der Waals surface area contributed by atoms with Gasteiger partial charge >= 0.3 is 0 Å². The predicted molar refractivity (Wildman–Crippen MR) is 67.2 cm³/mol. The van der Waals surface area contributed by atoms with Crippen LogP contribution in [0.4, 0.5) is 0 Å². The number of hydrogen-bond acceptors (Lipinski definition) is 0. The number of aryl methyl sites for hydroxylation is 3. The van der Waals surface area contributed by atoms with E-state index in [-0.39, 0.29) is 0 Å². The maximum atomic E-state index is 3.68. The molecule has 0 aromatic heterocycles. The number of rotatable bonds is 4. The van der Waals surface area contributed by atoms with E-state index in [0.717, 1.165) is 0 Å². The van der Waals surface area contributed by atoms with Crippen molar-refractivity contribution in [3.63, 3.8) is 0 Å². The van der Waals surface area contributed by atoms with Gasteiger partial charge in [-0.05, 0) is 44.2 Å². The molecule has 78 valence electrons. The lowest BCUT2D eigenvalue weighted by atomic mass is 10.0. The highest BCUT2D eigenvalue weighted by atomic mass is 79.9. The Balaban J connectivity index is 2.62. The van der Waals surface area contributed by atoms with Crippen molar-refractivity contribution in [3.05, 3.63) is 34.9 Å². The van der Waals surface area contributed by atoms with Crippen LogP contribution in [0.25, 0.3) is 0 Å². The minimum absolute atomic E-state index is 0.669. The van der Waals surface area contributed by atoms with Gasteiger partial charge in [-0.3, -0.25) is 0 Å². The van der Waals surface area contributed by atoms with Gasteiger partial charge in [-0.1, -0.05) is 46.6 Å². The fourth-order valence-corrected chi connectivity index (χ4v) is 1.81. The summed E-state index contributed by atoms with van der Waals surface area (Å²) in [6.07, 6.45) is 3.64. The first-order valence-electron chi connectivity index (χ1n) is 5.33. The topological polar surface area (TPSA) is 0 Å². The Morgan fingerprint density at radius 2 is 2.00 bits per heavy atom. The average molecular weight is 255 g/mol. The molecule has 0 aliphatic heterocycles. The van der Waals surface area contributed by atoms with Gasteiger partial charge in [-0.25, -0.2) is 0 Å². The van der Waals surface area contributed by atoms with E-state index in [9.17, 15) is 0 Å². The van der Waals surface area contributed by atoms with Gasteiger partial charge in [0.25, 0.3) is 0 Å². The van der Waals surface area contributed by atoms with Crippen molar-refractivity contribution in [1.82, 2.24) is 0 Å². The van der Waals surface area contributed by atoms with Gasteiger partial charge in [0.15, 0.2) is 0 Å². The minimum atomic E-state index is 0.669. The zero-order valence-corrected chi connectivity index (χ0v) is 10.9. The minimum Gasteiger partial charge on any atom is -0.0891 e. The van der Waals surface area contributed by atoms with Crippen molar-refractivity contribution in [2.45, 2.75) is 44.9 Å². The monoisotopic (exact) mass is 254 g/mol. The lowest BCUT2D eigenvalue weighted by Gasteiger charge is -2.09. The fraction of sp³-hybridized carbons (Fsp3) is 0.538. The Morgan fingerprint density at radius 1 is 1.29 bits per heavy atom. The molecule has 1 atom stereocenters. The number of benzene rings is 1. The summed E-state index contributed by atoms with van der Waals surface area (Å²) >= 11 is 3.68. The van der Waals surface area contributed by atoms with E-state index >= 15 is 0 Å². The zero-order chi connectivity index (χ0) is 10.6. The van der Waals surface area contributed by atoms with Crippen molar-refractivity contribution in [2.75, 3.05) is 0 Å². The molecule has 1 heteroatoms. The lowest BCUT2D eigenvalue weighted by molar-refractivity contribution is 0.744. The highest BCUT2D eigenvalue weighted by Gasteiger charge is 2.03. The SMILES string of the molecule is CCC(Br)CCc1cc(C)ccc1C. The molecule has 0 aliphatic carbocycles. The Labute approximate surface area is 95.9 Å². The van der Waals surface area contributed by atoms with Crippen LogP contribution >= 0.6 is 15.9 Å². The van der Waals surface area contributed by atoms with Crippen LogP contribution in [0.5, 0.6) is 0 Å². The Hall–Kier alpha value is -0.300. The van der Waals surface area contributed by atoms with E-state index in [2.05, 4.69) is 54.9 Å². The lowest BCUT2D eigenvalue weighted by Crippen LogP contribution is -1.99. The Bertz CT molecular complexity index is 291. The summed E-state index contributed by atoms with van der Waals surface area (Å²) in [5.74, 6) is 0. The zero-order valence-electron chi connectivity index (χ0n) is 9.31. The highest BCUT2D eigenvalue weighted by molar-refractivity contribution is 9.09. The summed E-state index contributed by atoms with van der Waals surface area (Å²) < 4.78 is 0. The van der Waals surface area contributed by atoms with Crippen LogP contribution in [0.1, 0.15) is 36.5 Å². The molecule has 0 nitrogen and oxygen atoms in total. The summed E-state index contributed by atoms with van der Waals surface area (Å²) in [6.45, 7) is 6.58. The van der Waals surface area contributed by atoms with Crippen LogP contribution in [-0.4, -0.2) is 4.83 Å². The maximum absolute atomic E-state index is 3.68. The van der Waals surface area contributed by atoms with Crippen LogP contribution in [0.15, 0.2) is 18.2 Å². The molecule has 1 aromatic carbocycles. The molecular weight excluding hydrogens is 236 g/mol. The molecule has 0 N–H and O–H groups in total. The van der Waals surface area contributed by atoms with E-state index in [4.69, 9.17) is 0 Å². The van der Waals surface area contributed by atoms with E-state index < -0.39 is 0 Å². The van der Waals surface area contributed by atoms with Crippen LogP contribution in [-0.2, 0) is 6.42 Å². The van der Waals surface area contributed by atoms with Crippen LogP contribution in [0.2, 0.25) is 0 Å². The summed E-state index contributed by atoms with van der Waals surface area (Å²) in [6, 6.07) is 6.72. The molecule has 0 bridgehead atoms. The van der Waals surface area contributed by atoms with Crippen molar-refractivity contribution in [2.24, 2.45) is 0 Å². The third kappa shape index (κ3) is 3.45. The molecule has 0 saturated carbocycles. The molecule has 0 radical (unpaired) electrons. The third-order valence-electron chi connectivity index (χ3n) is 2.67. The first kappa shape index (κ1) is 11.8. The molecule has 0 fully saturated rings. The van der Waals surface area contributed by atoms with E-state index in [1.54, 1.807) is 0 Å². The van der Waals surface area contributed by atoms with Gasteiger partial charge < -0.3 is 0 Å². The Kier molecular flexibility index (Phi) is 4.67. The second-order valence-corrected chi connectivity index (χ2v) is 5.27. The smallest absolute Gasteiger partial charge is 0.0146 e. The summed E-state index contributed by atoms with van der Waals surface area (Å²) in [4.78, 5) is 0.669. The quantitative estimate of drug-likeness (QED) is 0.699. The summed E-state index contributed by atoms with van der Waals surface area (Å²) in [5.41, 5.74) is 4.29. The molecular formula is C13H19Br. The number of hydrogen-bond donors (Lipinski definition) is 0. The van der Waals surface area contributed by atoms with Crippen molar-refractivity contribution in [3.8, 4) is 0 Å². The van der Waals surface area contributed by atoms with E-state index in [1.807, 2.05) is 0 Å². The average Bonchev–Trinajstić information content (AvgIpc) is 2.19. The van der Waals surface area contributed by atoms with E-state index in [0.29, 0.717) is 4.83 Å². The molecule has 0 saturated heterocycles. The molecule has 0 amide bonds. The van der Waals surface area contributed by atoms with Gasteiger partial charge in [-0.15, -0.1) is 0 Å². The summed E-state index contributed by atoms with van der Waals surface area (Å²) in [5, 5.41) is 0. The number of alkyl halides is 1. The maximum Gasteiger partial charge on any atom is 0.0146 e. The van der Waals surface area contributed by atoms with Crippen LogP contribution in [0, 0.1) is 13.8 Å². The molecule has 0 aliphatic rings. The van der Waals surface area contributed by atoms with Gasteiger partial charge in [0.2, 0.25) is 0 Å². The second-order valence-electron chi connectivity index (χ2n) is 3.97. The molecule has 1 rings (SSSR count). The first-order valence-corrected chi connectivity index (χ1v) is 6.25. The Morgan fingerprint density at radius 3 is 2.64 bits per heavy atom. The standard InChI is InChI=1S/C13H19Br/c1-4-13(14)8-7-12-9-10(2)5-6-11(12)3/h5-6,9,13H,4,7-8H2,1-3H3. The number of halogens is 1. The summed E-state index contributed by atoms with van der Waals surface area (Å²) in [7, 11) is 0. The van der Waals surface area contributed by atoms with Gasteiger partial charge in [0.1, 0.15) is 0 Å². The van der Waals surface area contributed by atoms with Crippen molar-refractivity contribution >= 4 is 15.9 Å². The van der Waals surface area contributed by atoms with Gasteiger partial charge in [-0.2, -0.15) is 0 Å². The molecule has 0 heterocycles. The molecule has 14 heavy (non-hydrogen) atoms.